The van der Waals surface area contributed by atoms with Crippen molar-refractivity contribution in [3.8, 4) is 5.75 Å². The maximum atomic E-state index is 12.6. The highest BCUT2D eigenvalue weighted by Crippen LogP contribution is 2.42. The lowest BCUT2D eigenvalue weighted by Gasteiger charge is -2.44. The molecule has 0 aliphatic carbocycles. The van der Waals surface area contributed by atoms with Gasteiger partial charge in [-0.2, -0.15) is 0 Å². The lowest BCUT2D eigenvalue weighted by Crippen LogP contribution is -2.53. The summed E-state index contributed by atoms with van der Waals surface area (Å²) >= 11 is 6.08. The monoisotopic (exact) mass is 363 g/mol. The van der Waals surface area contributed by atoms with Gasteiger partial charge in [0.2, 0.25) is 0 Å². The number of ether oxygens (including phenoxy) is 2. The van der Waals surface area contributed by atoms with E-state index in [9.17, 15) is 9.59 Å². The van der Waals surface area contributed by atoms with Crippen LogP contribution in [0.15, 0.2) is 12.1 Å². The quantitative estimate of drug-likeness (QED) is 0.769. The zero-order chi connectivity index (χ0) is 17.6. The molecule has 0 saturated carbocycles. The van der Waals surface area contributed by atoms with Crippen LogP contribution in [-0.2, 0) is 9.53 Å². The third kappa shape index (κ3) is 3.04. The molecule has 4 rings (SSSR count). The van der Waals surface area contributed by atoms with Crippen molar-refractivity contribution >= 4 is 23.3 Å². The van der Waals surface area contributed by atoms with Crippen molar-refractivity contribution in [1.29, 1.82) is 0 Å². The Morgan fingerprint density at radius 1 is 1.32 bits per heavy atom. The highest BCUT2D eigenvalue weighted by molar-refractivity contribution is 6.31. The van der Waals surface area contributed by atoms with E-state index >= 15 is 0 Å². The molecule has 1 aromatic carbocycles. The number of aryl methyl sites for hydroxylation is 1. The molecule has 1 amide bonds. The van der Waals surface area contributed by atoms with E-state index in [1.54, 1.807) is 6.07 Å². The molecule has 1 aromatic rings. The second-order valence-corrected chi connectivity index (χ2v) is 7.75. The zero-order valence-corrected chi connectivity index (χ0v) is 15.1. The lowest BCUT2D eigenvalue weighted by molar-refractivity contribution is -0.144. The maximum absolute atomic E-state index is 12.6. The van der Waals surface area contributed by atoms with Crippen LogP contribution in [0.25, 0.3) is 0 Å². The van der Waals surface area contributed by atoms with Crippen LogP contribution in [0.1, 0.15) is 48.0 Å². The van der Waals surface area contributed by atoms with E-state index in [0.717, 1.165) is 18.4 Å². The Balaban J connectivity index is 1.49. The van der Waals surface area contributed by atoms with Crippen molar-refractivity contribution in [3.63, 3.8) is 0 Å². The largest absolute Gasteiger partial charge is 0.486 e. The van der Waals surface area contributed by atoms with Gasteiger partial charge in [-0.1, -0.05) is 11.6 Å². The smallest absolute Gasteiger partial charge is 0.251 e. The summed E-state index contributed by atoms with van der Waals surface area (Å²) in [5.41, 5.74) is 0.956. The van der Waals surface area contributed by atoms with E-state index in [-0.39, 0.29) is 17.8 Å². The minimum absolute atomic E-state index is 0.0748. The van der Waals surface area contributed by atoms with Gasteiger partial charge in [0.05, 0.1) is 12.0 Å². The van der Waals surface area contributed by atoms with Gasteiger partial charge in [0.15, 0.2) is 5.78 Å². The van der Waals surface area contributed by atoms with Gasteiger partial charge in [-0.3, -0.25) is 9.59 Å². The first kappa shape index (κ1) is 16.9. The van der Waals surface area contributed by atoms with Gasteiger partial charge in [0, 0.05) is 37.6 Å². The number of carbonyl (C=O) groups is 2. The van der Waals surface area contributed by atoms with Gasteiger partial charge in [-0.25, -0.2) is 0 Å². The van der Waals surface area contributed by atoms with Crippen LogP contribution in [-0.4, -0.2) is 48.0 Å². The van der Waals surface area contributed by atoms with E-state index in [1.165, 1.54) is 0 Å². The normalized spacial score (nSPS) is 25.0. The Bertz CT molecular complexity index is 718. The fourth-order valence-electron chi connectivity index (χ4n) is 4.10. The number of ketones is 1. The van der Waals surface area contributed by atoms with Crippen molar-refractivity contribution in [3.05, 3.63) is 28.3 Å². The highest BCUT2D eigenvalue weighted by atomic mass is 35.5. The molecule has 0 N–H and O–H groups in total. The van der Waals surface area contributed by atoms with Gasteiger partial charge in [-0.15, -0.1) is 0 Å². The summed E-state index contributed by atoms with van der Waals surface area (Å²) in [4.78, 5) is 27.0. The lowest BCUT2D eigenvalue weighted by atomic mass is 9.82. The standard InChI is InChI=1S/C19H22ClNO4/c1-12-9-13(20)10-14-15(22)11-19(25-17(12)14)4-6-21(7-5-19)18(23)16-3-2-8-24-16/h9-10,16H,2-8,11H2,1H3. The molecule has 6 heteroatoms. The maximum Gasteiger partial charge on any atom is 0.251 e. The summed E-state index contributed by atoms with van der Waals surface area (Å²) in [6, 6.07) is 3.51. The number of Topliss-reactive ketones (excluding diaryl/α,β-unsaturated/α-hetero) is 1. The third-order valence-electron chi connectivity index (χ3n) is 5.53. The summed E-state index contributed by atoms with van der Waals surface area (Å²) in [6.07, 6.45) is 3.15. The van der Waals surface area contributed by atoms with E-state index in [1.807, 2.05) is 17.9 Å². The van der Waals surface area contributed by atoms with Crippen molar-refractivity contribution in [2.75, 3.05) is 19.7 Å². The Morgan fingerprint density at radius 2 is 2.08 bits per heavy atom. The molecule has 1 atom stereocenters. The molecule has 1 spiro atoms. The molecular weight excluding hydrogens is 342 g/mol. The predicted molar refractivity (Wildman–Crippen MR) is 93.3 cm³/mol. The predicted octanol–water partition coefficient (Wildman–Crippen LogP) is 3.15. The van der Waals surface area contributed by atoms with Crippen molar-refractivity contribution < 1.29 is 19.1 Å². The number of fused-ring (bicyclic) bond motifs is 1. The molecule has 0 radical (unpaired) electrons. The van der Waals surface area contributed by atoms with Crippen molar-refractivity contribution in [1.82, 2.24) is 4.90 Å². The summed E-state index contributed by atoms with van der Waals surface area (Å²) in [7, 11) is 0. The Labute approximate surface area is 152 Å². The number of hydrogen-bond donors (Lipinski definition) is 0. The second-order valence-electron chi connectivity index (χ2n) is 7.31. The molecular formula is C19H22ClNO4. The fourth-order valence-corrected chi connectivity index (χ4v) is 4.38. The molecule has 3 aliphatic heterocycles. The molecule has 5 nitrogen and oxygen atoms in total. The van der Waals surface area contributed by atoms with Crippen LogP contribution in [0.5, 0.6) is 5.75 Å². The molecule has 134 valence electrons. The number of piperidine rings is 1. The summed E-state index contributed by atoms with van der Waals surface area (Å²) in [5, 5.41) is 0.557. The number of rotatable bonds is 1. The van der Waals surface area contributed by atoms with Crippen LogP contribution in [0.2, 0.25) is 5.02 Å². The third-order valence-corrected chi connectivity index (χ3v) is 5.75. The van der Waals surface area contributed by atoms with Crippen LogP contribution in [0.3, 0.4) is 0 Å². The number of carbonyl (C=O) groups excluding carboxylic acids is 2. The molecule has 0 aromatic heterocycles. The summed E-state index contributed by atoms with van der Waals surface area (Å²) in [6.45, 7) is 3.79. The van der Waals surface area contributed by atoms with Gasteiger partial charge in [0.25, 0.3) is 5.91 Å². The van der Waals surface area contributed by atoms with E-state index in [2.05, 4.69) is 0 Å². The van der Waals surface area contributed by atoms with Gasteiger partial charge in [0.1, 0.15) is 17.5 Å². The number of amides is 1. The van der Waals surface area contributed by atoms with Crippen LogP contribution < -0.4 is 4.74 Å². The van der Waals surface area contributed by atoms with E-state index in [0.29, 0.717) is 55.3 Å². The SMILES string of the molecule is Cc1cc(Cl)cc2c1OC1(CCN(C(=O)C3CCCO3)CC1)CC2=O. The Kier molecular flexibility index (Phi) is 4.24. The van der Waals surface area contributed by atoms with Gasteiger partial charge in [-0.05, 0) is 37.5 Å². The first-order valence-corrected chi connectivity index (χ1v) is 9.28. The number of likely N-dealkylation sites (tertiary alicyclic amines) is 1. The molecule has 2 saturated heterocycles. The molecule has 1 unspecified atom stereocenters. The molecule has 3 aliphatic rings. The summed E-state index contributed by atoms with van der Waals surface area (Å²) < 4.78 is 11.8. The van der Waals surface area contributed by atoms with Crippen LogP contribution in [0.4, 0.5) is 0 Å². The average Bonchev–Trinajstić information content (AvgIpc) is 3.11. The number of hydrogen-bond acceptors (Lipinski definition) is 4. The fraction of sp³-hybridized carbons (Fsp3) is 0.579. The van der Waals surface area contributed by atoms with Crippen LogP contribution >= 0.6 is 11.6 Å². The zero-order valence-electron chi connectivity index (χ0n) is 14.3. The van der Waals surface area contributed by atoms with E-state index < -0.39 is 5.60 Å². The molecule has 25 heavy (non-hydrogen) atoms. The summed E-state index contributed by atoms with van der Waals surface area (Å²) in [5.74, 6) is 0.808. The minimum atomic E-state index is -0.504. The minimum Gasteiger partial charge on any atom is -0.486 e. The van der Waals surface area contributed by atoms with Gasteiger partial charge >= 0.3 is 0 Å². The van der Waals surface area contributed by atoms with Crippen LogP contribution in [0, 0.1) is 6.92 Å². The Hall–Kier alpha value is -1.59. The second kappa shape index (κ2) is 6.29. The molecule has 2 fully saturated rings. The average molecular weight is 364 g/mol. The molecule has 3 heterocycles. The molecule has 0 bridgehead atoms. The van der Waals surface area contributed by atoms with E-state index in [4.69, 9.17) is 21.1 Å². The first-order valence-electron chi connectivity index (χ1n) is 8.90. The number of halogens is 1. The number of benzene rings is 1. The van der Waals surface area contributed by atoms with Crippen molar-refractivity contribution in [2.24, 2.45) is 0 Å². The van der Waals surface area contributed by atoms with Gasteiger partial charge < -0.3 is 14.4 Å². The topological polar surface area (TPSA) is 55.8 Å². The highest BCUT2D eigenvalue weighted by Gasteiger charge is 2.45. The first-order chi connectivity index (χ1) is 12.0. The van der Waals surface area contributed by atoms with Crippen molar-refractivity contribution in [2.45, 2.75) is 50.7 Å². The number of nitrogens with zero attached hydrogens (tertiary/aromatic N) is 1. The Morgan fingerprint density at radius 3 is 2.76 bits per heavy atom.